The number of aliphatic hydroxyl groups excluding tert-OH is 2. The number of aliphatic hydroxyl groups is 2. The summed E-state index contributed by atoms with van der Waals surface area (Å²) in [5.41, 5.74) is 0. The van der Waals surface area contributed by atoms with Crippen LogP contribution >= 0.6 is 7.82 Å². The molecule has 0 amide bonds. The Bertz CT molecular complexity index is 1080. The van der Waals surface area contributed by atoms with E-state index in [1.807, 2.05) is 0 Å². The van der Waals surface area contributed by atoms with Gasteiger partial charge in [-0.1, -0.05) is 192 Å². The van der Waals surface area contributed by atoms with Crippen LogP contribution in [-0.4, -0.2) is 65.7 Å². The maximum absolute atomic E-state index is 12.7. The molecule has 0 aliphatic rings. The highest BCUT2D eigenvalue weighted by molar-refractivity contribution is 7.47. The summed E-state index contributed by atoms with van der Waals surface area (Å²) in [6, 6.07) is 0. The van der Waals surface area contributed by atoms with Crippen LogP contribution in [0.4, 0.5) is 0 Å². The maximum Gasteiger partial charge on any atom is 0.472 e. The summed E-state index contributed by atoms with van der Waals surface area (Å²) in [6.45, 7) is 2.34. The summed E-state index contributed by atoms with van der Waals surface area (Å²) in [6.07, 6.45) is 46.9. The highest BCUT2D eigenvalue weighted by atomic mass is 31.2. The molecule has 0 aromatic carbocycles. The predicted molar refractivity (Wildman–Crippen MR) is 242 cm³/mol. The molecule has 0 aromatic heterocycles. The van der Waals surface area contributed by atoms with E-state index in [1.165, 1.54) is 128 Å². The van der Waals surface area contributed by atoms with Crippen molar-refractivity contribution >= 4 is 19.8 Å². The van der Waals surface area contributed by atoms with Crippen molar-refractivity contribution < 1.29 is 47.8 Å². The van der Waals surface area contributed by atoms with Crippen molar-refractivity contribution in [2.24, 2.45) is 0 Å². The third kappa shape index (κ3) is 44.1. The average molecular weight is 857 g/mol. The standard InChI is InChI=1S/C48H89O10P/c1-3-5-7-9-11-13-15-17-19-20-21-22-23-24-26-28-30-32-34-36-38-40-48(52)58-46(44-57-59(53,54)56-42-45(50)41-49)43-55-47(51)39-37-35-33-31-29-27-25-18-16-14-12-10-8-6-4-2/h12,14,18,25,29,31,45-46,49-50H,3-11,13,15-17,19-24,26-28,30,32-44H2,1-2H3,(H,53,54)/b14-12+,25-18+,31-29+/t45-,46+/m0/s1. The Morgan fingerprint density at radius 1 is 0.508 bits per heavy atom. The number of rotatable bonds is 45. The predicted octanol–water partition coefficient (Wildman–Crippen LogP) is 13.1. The van der Waals surface area contributed by atoms with Crippen molar-refractivity contribution in [1.29, 1.82) is 0 Å². The summed E-state index contributed by atoms with van der Waals surface area (Å²) >= 11 is 0. The van der Waals surface area contributed by atoms with Gasteiger partial charge in [-0.15, -0.1) is 0 Å². The molecule has 11 heteroatoms. The quantitative estimate of drug-likeness (QED) is 0.0234. The first-order chi connectivity index (χ1) is 28.7. The molecule has 0 spiro atoms. The number of hydrogen-bond acceptors (Lipinski definition) is 9. The van der Waals surface area contributed by atoms with Gasteiger partial charge in [0.25, 0.3) is 0 Å². The summed E-state index contributed by atoms with van der Waals surface area (Å²) < 4.78 is 32.8. The normalized spacial score (nSPS) is 14.1. The fourth-order valence-corrected chi connectivity index (χ4v) is 7.38. The largest absolute Gasteiger partial charge is 0.472 e. The second-order valence-corrected chi connectivity index (χ2v) is 17.6. The van der Waals surface area contributed by atoms with E-state index in [0.29, 0.717) is 12.8 Å². The number of allylic oxidation sites excluding steroid dienone is 6. The highest BCUT2D eigenvalue weighted by Gasteiger charge is 2.27. The summed E-state index contributed by atoms with van der Waals surface area (Å²) in [4.78, 5) is 35.1. The molecule has 0 saturated carbocycles. The van der Waals surface area contributed by atoms with Crippen LogP contribution in [0, 0.1) is 0 Å². The van der Waals surface area contributed by atoms with Crippen molar-refractivity contribution in [3.8, 4) is 0 Å². The second-order valence-electron chi connectivity index (χ2n) is 16.1. The lowest BCUT2D eigenvalue weighted by Gasteiger charge is -2.20. The Hall–Kier alpha value is -1.81. The minimum atomic E-state index is -4.63. The molecule has 0 aliphatic carbocycles. The van der Waals surface area contributed by atoms with E-state index in [2.05, 4.69) is 50.3 Å². The van der Waals surface area contributed by atoms with Crippen LogP contribution in [0.15, 0.2) is 36.5 Å². The third-order valence-corrected chi connectivity index (χ3v) is 11.2. The molecule has 0 heterocycles. The first-order valence-corrected chi connectivity index (χ1v) is 25.4. The van der Waals surface area contributed by atoms with Crippen LogP contribution in [0.5, 0.6) is 0 Å². The molecule has 0 aromatic rings. The number of carbonyl (C=O) groups excluding carboxylic acids is 2. The zero-order chi connectivity index (χ0) is 43.3. The monoisotopic (exact) mass is 857 g/mol. The number of hydrogen-bond donors (Lipinski definition) is 3. The number of carbonyl (C=O) groups is 2. The van der Waals surface area contributed by atoms with Gasteiger partial charge in [0.1, 0.15) is 12.7 Å². The first kappa shape index (κ1) is 57.2. The smallest absolute Gasteiger partial charge is 0.462 e. The van der Waals surface area contributed by atoms with Crippen molar-refractivity contribution in [3.05, 3.63) is 36.5 Å². The van der Waals surface area contributed by atoms with Gasteiger partial charge in [-0.2, -0.15) is 0 Å². The van der Waals surface area contributed by atoms with Gasteiger partial charge in [0.15, 0.2) is 6.10 Å². The summed E-state index contributed by atoms with van der Waals surface area (Å²) in [5.74, 6) is -0.961. The molecule has 10 nitrogen and oxygen atoms in total. The van der Waals surface area contributed by atoms with Gasteiger partial charge in [0.2, 0.25) is 0 Å². The van der Waals surface area contributed by atoms with Crippen LogP contribution in [0.25, 0.3) is 0 Å². The number of phosphoric ester groups is 1. The molecule has 3 atom stereocenters. The van der Waals surface area contributed by atoms with Crippen molar-refractivity contribution in [3.63, 3.8) is 0 Å². The summed E-state index contributed by atoms with van der Waals surface area (Å²) in [5, 5.41) is 18.4. The topological polar surface area (TPSA) is 149 Å². The number of ether oxygens (including phenoxy) is 2. The minimum absolute atomic E-state index is 0.180. The van der Waals surface area contributed by atoms with Gasteiger partial charge < -0.3 is 24.6 Å². The van der Waals surface area contributed by atoms with Gasteiger partial charge in [-0.3, -0.25) is 18.6 Å². The molecule has 0 rings (SSSR count). The highest BCUT2D eigenvalue weighted by Crippen LogP contribution is 2.43. The molecular formula is C48H89O10P. The molecule has 0 fully saturated rings. The number of esters is 2. The van der Waals surface area contributed by atoms with E-state index in [0.717, 1.165) is 51.4 Å². The van der Waals surface area contributed by atoms with E-state index in [4.69, 9.17) is 23.6 Å². The zero-order valence-corrected chi connectivity index (χ0v) is 38.6. The van der Waals surface area contributed by atoms with Crippen LogP contribution in [0.2, 0.25) is 0 Å². The number of unbranched alkanes of at least 4 members (excludes halogenated alkanes) is 25. The van der Waals surface area contributed by atoms with E-state index >= 15 is 0 Å². The number of phosphoric acid groups is 1. The third-order valence-electron chi connectivity index (χ3n) is 10.3. The van der Waals surface area contributed by atoms with Gasteiger partial charge in [-0.05, 0) is 51.4 Å². The average Bonchev–Trinajstić information content (AvgIpc) is 3.22. The Balaban J connectivity index is 4.23. The SMILES string of the molecule is CCCCC/C=C/C/C=C/C/C=C/CCCCC(=O)OC[C@H](COP(=O)(O)OC[C@@H](O)CO)OC(=O)CCCCCCCCCCCCCCCCCCCCCCC. The van der Waals surface area contributed by atoms with Crippen molar-refractivity contribution in [2.75, 3.05) is 26.4 Å². The lowest BCUT2D eigenvalue weighted by molar-refractivity contribution is -0.161. The lowest BCUT2D eigenvalue weighted by Crippen LogP contribution is -2.29. The fraction of sp³-hybridized carbons (Fsp3) is 0.833. The second kappa shape index (κ2) is 44.3. The molecule has 0 radical (unpaired) electrons. The molecule has 0 aliphatic heterocycles. The molecule has 3 N–H and O–H groups in total. The van der Waals surface area contributed by atoms with Crippen LogP contribution < -0.4 is 0 Å². The molecular weight excluding hydrogens is 767 g/mol. The van der Waals surface area contributed by atoms with E-state index < -0.39 is 51.8 Å². The van der Waals surface area contributed by atoms with E-state index in [9.17, 15) is 24.2 Å². The van der Waals surface area contributed by atoms with Gasteiger partial charge in [0.05, 0.1) is 19.8 Å². The van der Waals surface area contributed by atoms with Crippen LogP contribution in [0.1, 0.15) is 219 Å². The molecule has 346 valence electrons. The summed E-state index contributed by atoms with van der Waals surface area (Å²) in [7, 11) is -4.63. The molecule has 59 heavy (non-hydrogen) atoms. The van der Waals surface area contributed by atoms with Gasteiger partial charge >= 0.3 is 19.8 Å². The van der Waals surface area contributed by atoms with E-state index in [-0.39, 0.29) is 19.4 Å². The molecule has 0 saturated heterocycles. The maximum atomic E-state index is 12.7. The van der Waals surface area contributed by atoms with Crippen LogP contribution in [0.3, 0.4) is 0 Å². The van der Waals surface area contributed by atoms with E-state index in [1.54, 1.807) is 0 Å². The zero-order valence-electron chi connectivity index (χ0n) is 37.7. The van der Waals surface area contributed by atoms with Gasteiger partial charge in [0, 0.05) is 12.8 Å². The Kier molecular flexibility index (Phi) is 42.9. The molecule has 0 bridgehead atoms. The Labute approximate surface area is 361 Å². The Morgan fingerprint density at radius 3 is 1.36 bits per heavy atom. The minimum Gasteiger partial charge on any atom is -0.462 e. The van der Waals surface area contributed by atoms with Gasteiger partial charge in [-0.25, -0.2) is 4.57 Å². The first-order valence-electron chi connectivity index (χ1n) is 23.9. The van der Waals surface area contributed by atoms with Crippen LogP contribution in [-0.2, 0) is 32.7 Å². The Morgan fingerprint density at radius 2 is 0.881 bits per heavy atom. The van der Waals surface area contributed by atoms with Crippen molar-refractivity contribution in [2.45, 2.75) is 232 Å². The fourth-order valence-electron chi connectivity index (χ4n) is 6.59. The molecule has 1 unspecified atom stereocenters. The lowest BCUT2D eigenvalue weighted by atomic mass is 10.0. The van der Waals surface area contributed by atoms with Crippen molar-refractivity contribution in [1.82, 2.24) is 0 Å².